The molecule has 0 aromatic carbocycles. The number of nitrogens with zero attached hydrogens (tertiary/aromatic N) is 2. The Hall–Kier alpha value is -2.04. The topological polar surface area (TPSA) is 205 Å². The second kappa shape index (κ2) is 11.4. The average Bonchev–Trinajstić information content (AvgIpc) is 3.53. The maximum atomic E-state index is 13.3. The predicted molar refractivity (Wildman–Crippen MR) is 144 cm³/mol. The van der Waals surface area contributed by atoms with E-state index in [4.69, 9.17) is 10.9 Å². The summed E-state index contributed by atoms with van der Waals surface area (Å²) >= 11 is 1.39. The summed E-state index contributed by atoms with van der Waals surface area (Å²) in [4.78, 5) is 54.2. The Kier molecular flexibility index (Phi) is 8.79. The summed E-state index contributed by atoms with van der Waals surface area (Å²) in [5, 5.41) is 18.2. The lowest BCUT2D eigenvalue weighted by Gasteiger charge is -2.47. The van der Waals surface area contributed by atoms with Crippen molar-refractivity contribution in [1.82, 2.24) is 19.8 Å². The van der Waals surface area contributed by atoms with E-state index in [0.717, 1.165) is 0 Å². The Labute approximate surface area is 232 Å². The number of carboxylic acids is 1. The summed E-state index contributed by atoms with van der Waals surface area (Å²) in [6.07, 6.45) is 1.58. The number of β-lactam (4-membered cyclic amide) rings is 1. The van der Waals surface area contributed by atoms with Gasteiger partial charge in [-0.2, -0.15) is 8.42 Å². The van der Waals surface area contributed by atoms with Crippen molar-refractivity contribution in [3.8, 4) is 0 Å². The second-order valence-corrected chi connectivity index (χ2v) is 13.8. The SMILES string of the molecule is CCC(=O)C[C@H](C)[C@H]1C(=O)N2C(C(=O)O)=C(S[C@@H]3CN[C@H](C(=O)N4C[C@@H](N)C[C@H]4CNS(N)(=O)=O)C3)[C@H](C)[C@@H]12. The Balaban J connectivity index is 1.43. The molecule has 0 aromatic heterocycles. The third-order valence-electron chi connectivity index (χ3n) is 8.28. The van der Waals surface area contributed by atoms with E-state index < -0.39 is 34.2 Å². The van der Waals surface area contributed by atoms with Crippen LogP contribution < -0.4 is 20.9 Å². The average molecular weight is 587 g/mol. The third kappa shape index (κ3) is 6.03. The van der Waals surface area contributed by atoms with Crippen molar-refractivity contribution in [2.75, 3.05) is 19.6 Å². The van der Waals surface area contributed by atoms with Crippen molar-refractivity contribution in [1.29, 1.82) is 0 Å². The molecule has 218 valence electrons. The summed E-state index contributed by atoms with van der Waals surface area (Å²) in [6, 6.07) is -1.51. The molecular formula is C24H38N6O7S2. The van der Waals surface area contributed by atoms with Crippen molar-refractivity contribution >= 4 is 45.5 Å². The number of fused-ring (bicyclic) bond motifs is 1. The van der Waals surface area contributed by atoms with E-state index in [2.05, 4.69) is 10.0 Å². The van der Waals surface area contributed by atoms with Gasteiger partial charge in [0, 0.05) is 60.6 Å². The lowest BCUT2D eigenvalue weighted by molar-refractivity contribution is -0.160. The molecule has 7 N–H and O–H groups in total. The molecule has 4 aliphatic rings. The summed E-state index contributed by atoms with van der Waals surface area (Å²) < 4.78 is 24.9. The molecule has 13 nitrogen and oxygen atoms in total. The largest absolute Gasteiger partial charge is 0.477 e. The van der Waals surface area contributed by atoms with Gasteiger partial charge in [0.15, 0.2) is 0 Å². The third-order valence-corrected chi connectivity index (χ3v) is 10.4. The van der Waals surface area contributed by atoms with Crippen LogP contribution in [0, 0.1) is 17.8 Å². The number of carbonyl (C=O) groups excluding carboxylic acids is 3. The molecule has 0 saturated carbocycles. The van der Waals surface area contributed by atoms with E-state index in [0.29, 0.717) is 43.7 Å². The van der Waals surface area contributed by atoms with E-state index >= 15 is 0 Å². The Morgan fingerprint density at radius 3 is 2.59 bits per heavy atom. The van der Waals surface area contributed by atoms with Crippen LogP contribution in [0.3, 0.4) is 0 Å². The Morgan fingerprint density at radius 2 is 1.97 bits per heavy atom. The van der Waals surface area contributed by atoms with Gasteiger partial charge in [-0.25, -0.2) is 14.7 Å². The molecule has 4 rings (SSSR count). The molecule has 4 aliphatic heterocycles. The summed E-state index contributed by atoms with van der Waals surface area (Å²) in [7, 11) is -3.91. The highest BCUT2D eigenvalue weighted by molar-refractivity contribution is 8.03. The van der Waals surface area contributed by atoms with Crippen molar-refractivity contribution in [2.24, 2.45) is 28.6 Å². The number of nitrogens with one attached hydrogen (secondary N) is 2. The fraction of sp³-hybridized carbons (Fsp3) is 0.750. The summed E-state index contributed by atoms with van der Waals surface area (Å²) in [5.74, 6) is -2.30. The van der Waals surface area contributed by atoms with Gasteiger partial charge in [0.2, 0.25) is 11.8 Å². The van der Waals surface area contributed by atoms with Crippen molar-refractivity contribution < 1.29 is 32.7 Å². The van der Waals surface area contributed by atoms with E-state index in [9.17, 15) is 32.7 Å². The molecule has 3 saturated heterocycles. The maximum Gasteiger partial charge on any atom is 0.353 e. The number of ketones is 1. The first-order chi connectivity index (χ1) is 18.2. The van der Waals surface area contributed by atoms with Gasteiger partial charge in [-0.05, 0) is 18.8 Å². The number of aliphatic carboxylic acids is 1. The maximum absolute atomic E-state index is 13.3. The van der Waals surface area contributed by atoms with E-state index in [1.54, 1.807) is 11.8 Å². The van der Waals surface area contributed by atoms with E-state index in [1.165, 1.54) is 16.7 Å². The zero-order valence-electron chi connectivity index (χ0n) is 22.3. The Bertz CT molecular complexity index is 1180. The number of carbonyl (C=O) groups is 4. The molecule has 0 spiro atoms. The van der Waals surface area contributed by atoms with Gasteiger partial charge in [-0.1, -0.05) is 20.8 Å². The lowest BCUT2D eigenvalue weighted by Crippen LogP contribution is -2.62. The van der Waals surface area contributed by atoms with Crippen LogP contribution in [0.25, 0.3) is 0 Å². The van der Waals surface area contributed by atoms with Crippen LogP contribution in [-0.2, 0) is 29.4 Å². The van der Waals surface area contributed by atoms with Gasteiger partial charge < -0.3 is 26.0 Å². The minimum absolute atomic E-state index is 0.00203. The van der Waals surface area contributed by atoms with Crippen LogP contribution in [0.15, 0.2) is 10.6 Å². The quantitative estimate of drug-likeness (QED) is 0.186. The highest BCUT2D eigenvalue weighted by atomic mass is 32.2. The van der Waals surface area contributed by atoms with Gasteiger partial charge >= 0.3 is 5.97 Å². The second-order valence-electron chi connectivity index (χ2n) is 11.1. The van der Waals surface area contributed by atoms with Crippen molar-refractivity contribution in [3.63, 3.8) is 0 Å². The van der Waals surface area contributed by atoms with Gasteiger partial charge in [0.25, 0.3) is 10.2 Å². The van der Waals surface area contributed by atoms with Gasteiger partial charge in [-0.3, -0.25) is 14.4 Å². The number of Topliss-reactive ketones (excluding diaryl/α,β-unsaturated/α-hetero) is 1. The molecule has 0 radical (unpaired) electrons. The molecule has 3 fully saturated rings. The minimum atomic E-state index is -3.91. The van der Waals surface area contributed by atoms with Gasteiger partial charge in [0.1, 0.15) is 11.5 Å². The summed E-state index contributed by atoms with van der Waals surface area (Å²) in [6.45, 7) is 6.32. The molecule has 15 heteroatoms. The monoisotopic (exact) mass is 586 g/mol. The van der Waals surface area contributed by atoms with Crippen LogP contribution >= 0.6 is 11.8 Å². The number of hydrogen-bond donors (Lipinski definition) is 5. The zero-order chi connectivity index (χ0) is 28.8. The highest BCUT2D eigenvalue weighted by Crippen LogP contribution is 2.53. The normalized spacial score (nSPS) is 33.4. The standard InChI is InChI=1S/C24H38N6O7S2/c1-4-15(31)5-11(2)18-19-12(3)21(20(24(34)35)30(19)23(18)33)38-16-7-17(27-9-16)22(32)29-10-13(25)6-14(29)8-28-39(26,36)37/h11-14,16-19,27-28H,4-10,25H2,1-3H3,(H,34,35)(H2,26,36,37)/t11-,12+,13-,14-,16-,17-,18+,19-/m0/s1. The molecule has 4 heterocycles. The first-order valence-electron chi connectivity index (χ1n) is 13.3. The van der Waals surface area contributed by atoms with Crippen LogP contribution in [0.1, 0.15) is 46.5 Å². The van der Waals surface area contributed by atoms with Gasteiger partial charge in [-0.15, -0.1) is 11.8 Å². The highest BCUT2D eigenvalue weighted by Gasteiger charge is 2.60. The number of carboxylic acid groups (broad SMARTS) is 1. The first-order valence-corrected chi connectivity index (χ1v) is 15.7. The number of rotatable bonds is 11. The lowest BCUT2D eigenvalue weighted by atomic mass is 9.73. The molecule has 8 atom stereocenters. The fourth-order valence-corrected chi connectivity index (χ4v) is 8.29. The zero-order valence-corrected chi connectivity index (χ0v) is 24.0. The van der Waals surface area contributed by atoms with E-state index in [-0.39, 0.29) is 59.0 Å². The molecule has 39 heavy (non-hydrogen) atoms. The van der Waals surface area contributed by atoms with Crippen LogP contribution in [-0.4, -0.2) is 95.9 Å². The summed E-state index contributed by atoms with van der Waals surface area (Å²) in [5.41, 5.74) is 6.06. The molecule has 0 aliphatic carbocycles. The molecule has 0 aromatic rings. The molecule has 0 bridgehead atoms. The number of likely N-dealkylation sites (tertiary alicyclic amines) is 1. The fourth-order valence-electron chi connectivity index (χ4n) is 6.39. The van der Waals surface area contributed by atoms with E-state index in [1.807, 2.05) is 13.8 Å². The van der Waals surface area contributed by atoms with Crippen molar-refractivity contribution in [3.05, 3.63) is 10.6 Å². The number of hydrogen-bond acceptors (Lipinski definition) is 9. The molecular weight excluding hydrogens is 548 g/mol. The van der Waals surface area contributed by atoms with Crippen molar-refractivity contribution in [2.45, 2.75) is 75.9 Å². The van der Waals surface area contributed by atoms with Crippen LogP contribution in [0.5, 0.6) is 0 Å². The first kappa shape index (κ1) is 29.9. The minimum Gasteiger partial charge on any atom is -0.477 e. The number of thioether (sulfide) groups is 1. The smallest absolute Gasteiger partial charge is 0.353 e. The van der Waals surface area contributed by atoms with Crippen LogP contribution in [0.2, 0.25) is 0 Å². The number of nitrogens with two attached hydrogens (primary N) is 2. The predicted octanol–water partition coefficient (Wildman–Crippen LogP) is -1.05. The van der Waals surface area contributed by atoms with Crippen LogP contribution in [0.4, 0.5) is 0 Å². The molecule has 2 amide bonds. The van der Waals surface area contributed by atoms with Gasteiger partial charge in [0.05, 0.1) is 18.0 Å². The number of amides is 2. The molecule has 0 unspecified atom stereocenters. The Morgan fingerprint density at radius 1 is 1.28 bits per heavy atom.